The van der Waals surface area contributed by atoms with Crippen molar-refractivity contribution in [3.05, 3.63) is 0 Å². The summed E-state index contributed by atoms with van der Waals surface area (Å²) in [6.07, 6.45) is 9.80. The molecule has 2 saturated carbocycles. The first-order valence-electron chi connectivity index (χ1n) is 6.21. The summed E-state index contributed by atoms with van der Waals surface area (Å²) in [4.78, 5) is 2.60. The number of hydrogen-bond acceptors (Lipinski definition) is 2. The zero-order valence-corrected chi connectivity index (χ0v) is 9.10. The average molecular weight is 194 g/mol. The highest BCUT2D eigenvalue weighted by atomic mass is 15.2. The van der Waals surface area contributed by atoms with Gasteiger partial charge >= 0.3 is 0 Å². The second-order valence-electron chi connectivity index (χ2n) is 6.07. The van der Waals surface area contributed by atoms with Gasteiger partial charge < -0.3 is 10.6 Å². The lowest BCUT2D eigenvalue weighted by atomic mass is 9.73. The molecule has 0 aromatic carbocycles. The molecule has 0 atom stereocenters. The first-order valence-corrected chi connectivity index (χ1v) is 6.21. The topological polar surface area (TPSA) is 29.3 Å². The molecule has 0 amide bonds. The molecule has 0 aromatic heterocycles. The molecule has 0 unspecified atom stereocenters. The second kappa shape index (κ2) is 2.96. The third-order valence-electron chi connectivity index (χ3n) is 4.67. The Hall–Kier alpha value is -0.0800. The zero-order valence-electron chi connectivity index (χ0n) is 9.10. The van der Waals surface area contributed by atoms with Gasteiger partial charge in [-0.1, -0.05) is 12.8 Å². The van der Waals surface area contributed by atoms with Crippen molar-refractivity contribution >= 4 is 0 Å². The molecule has 14 heavy (non-hydrogen) atoms. The van der Waals surface area contributed by atoms with E-state index in [0.717, 1.165) is 5.41 Å². The predicted molar refractivity (Wildman–Crippen MR) is 58.1 cm³/mol. The molecular weight excluding hydrogens is 172 g/mol. The first kappa shape index (κ1) is 9.17. The zero-order chi connectivity index (χ0) is 9.65. The summed E-state index contributed by atoms with van der Waals surface area (Å²) in [6, 6.07) is 0. The van der Waals surface area contributed by atoms with Gasteiger partial charge in [-0.3, -0.25) is 0 Å². The van der Waals surface area contributed by atoms with Crippen molar-refractivity contribution in [2.45, 2.75) is 50.5 Å². The van der Waals surface area contributed by atoms with Crippen LogP contribution in [0.25, 0.3) is 0 Å². The van der Waals surface area contributed by atoms with Crippen LogP contribution < -0.4 is 5.73 Å². The number of likely N-dealkylation sites (tertiary alicyclic amines) is 1. The van der Waals surface area contributed by atoms with Crippen molar-refractivity contribution in [1.29, 1.82) is 0 Å². The Bertz CT molecular complexity index is 218. The van der Waals surface area contributed by atoms with Crippen molar-refractivity contribution in [3.63, 3.8) is 0 Å². The third-order valence-corrected chi connectivity index (χ3v) is 4.67. The minimum Gasteiger partial charge on any atom is -0.324 e. The molecule has 80 valence electrons. The second-order valence-corrected chi connectivity index (χ2v) is 6.07. The summed E-state index contributed by atoms with van der Waals surface area (Å²) in [6.45, 7) is 3.88. The summed E-state index contributed by atoms with van der Waals surface area (Å²) in [7, 11) is 0. The Labute approximate surface area is 86.8 Å². The molecule has 0 radical (unpaired) electrons. The van der Waals surface area contributed by atoms with E-state index >= 15 is 0 Å². The van der Waals surface area contributed by atoms with Crippen molar-refractivity contribution in [1.82, 2.24) is 4.90 Å². The molecule has 0 bridgehead atoms. The standard InChI is InChI=1S/C12H22N2/c13-12(6-3-7-12)10-14-8-11(9-14)4-1-2-5-11/h1-10,13H2. The molecule has 1 spiro atoms. The summed E-state index contributed by atoms with van der Waals surface area (Å²) in [5.41, 5.74) is 7.22. The van der Waals surface area contributed by atoms with Crippen LogP contribution in [-0.2, 0) is 0 Å². The molecular formula is C12H22N2. The quantitative estimate of drug-likeness (QED) is 0.725. The maximum absolute atomic E-state index is 6.26. The minimum absolute atomic E-state index is 0.209. The largest absolute Gasteiger partial charge is 0.324 e. The van der Waals surface area contributed by atoms with Gasteiger partial charge in [0.15, 0.2) is 0 Å². The van der Waals surface area contributed by atoms with Gasteiger partial charge in [0.1, 0.15) is 0 Å². The third kappa shape index (κ3) is 1.40. The van der Waals surface area contributed by atoms with E-state index in [4.69, 9.17) is 5.73 Å². The molecule has 2 N–H and O–H groups in total. The lowest BCUT2D eigenvalue weighted by Crippen LogP contribution is -2.63. The van der Waals surface area contributed by atoms with Crippen molar-refractivity contribution in [3.8, 4) is 0 Å². The SMILES string of the molecule is NC1(CN2CC3(CCCC3)C2)CCC1. The van der Waals surface area contributed by atoms with Gasteiger partial charge in [-0.25, -0.2) is 0 Å². The van der Waals surface area contributed by atoms with E-state index in [1.165, 1.54) is 64.6 Å². The molecule has 3 fully saturated rings. The van der Waals surface area contributed by atoms with Gasteiger partial charge in [-0.2, -0.15) is 0 Å². The Balaban J connectivity index is 1.49. The maximum atomic E-state index is 6.26. The highest BCUT2D eigenvalue weighted by molar-refractivity contribution is 5.03. The molecule has 1 heterocycles. The van der Waals surface area contributed by atoms with Crippen LogP contribution in [-0.4, -0.2) is 30.1 Å². The van der Waals surface area contributed by atoms with Crippen molar-refractivity contribution in [2.24, 2.45) is 11.1 Å². The smallest absolute Gasteiger partial charge is 0.0283 e. The Morgan fingerprint density at radius 2 is 1.57 bits per heavy atom. The lowest BCUT2D eigenvalue weighted by molar-refractivity contribution is -0.0203. The molecule has 3 rings (SSSR count). The van der Waals surface area contributed by atoms with Crippen molar-refractivity contribution in [2.75, 3.05) is 19.6 Å². The Morgan fingerprint density at radius 3 is 2.07 bits per heavy atom. The van der Waals surface area contributed by atoms with E-state index in [9.17, 15) is 0 Å². The van der Waals surface area contributed by atoms with Crippen LogP contribution >= 0.6 is 0 Å². The normalized spacial score (nSPS) is 34.1. The van der Waals surface area contributed by atoms with Gasteiger partial charge in [0.05, 0.1) is 0 Å². The van der Waals surface area contributed by atoms with Crippen LogP contribution in [0.1, 0.15) is 44.9 Å². The van der Waals surface area contributed by atoms with E-state index in [1.54, 1.807) is 0 Å². The Morgan fingerprint density at radius 1 is 0.929 bits per heavy atom. The van der Waals surface area contributed by atoms with Crippen LogP contribution in [0.3, 0.4) is 0 Å². The van der Waals surface area contributed by atoms with Crippen LogP contribution in [0, 0.1) is 5.41 Å². The van der Waals surface area contributed by atoms with Crippen LogP contribution in [0.4, 0.5) is 0 Å². The van der Waals surface area contributed by atoms with Crippen LogP contribution in [0.15, 0.2) is 0 Å². The summed E-state index contributed by atoms with van der Waals surface area (Å²) < 4.78 is 0. The summed E-state index contributed by atoms with van der Waals surface area (Å²) in [5, 5.41) is 0. The van der Waals surface area contributed by atoms with Crippen LogP contribution in [0.5, 0.6) is 0 Å². The highest BCUT2D eigenvalue weighted by Gasteiger charge is 2.47. The molecule has 2 aliphatic carbocycles. The van der Waals surface area contributed by atoms with Gasteiger partial charge in [-0.15, -0.1) is 0 Å². The fourth-order valence-corrected chi connectivity index (χ4v) is 3.69. The van der Waals surface area contributed by atoms with Gasteiger partial charge in [0.25, 0.3) is 0 Å². The average Bonchev–Trinajstić information content (AvgIpc) is 2.49. The fraction of sp³-hybridized carbons (Fsp3) is 1.00. The number of nitrogens with zero attached hydrogens (tertiary/aromatic N) is 1. The van der Waals surface area contributed by atoms with Gasteiger partial charge in [0, 0.05) is 25.2 Å². The van der Waals surface area contributed by atoms with Gasteiger partial charge in [0.2, 0.25) is 0 Å². The molecule has 1 aliphatic heterocycles. The Kier molecular flexibility index (Phi) is 1.94. The van der Waals surface area contributed by atoms with Crippen LogP contribution in [0.2, 0.25) is 0 Å². The van der Waals surface area contributed by atoms with E-state index in [0.29, 0.717) is 0 Å². The maximum Gasteiger partial charge on any atom is 0.0283 e. The number of nitrogens with two attached hydrogens (primary N) is 1. The van der Waals surface area contributed by atoms with Gasteiger partial charge in [-0.05, 0) is 37.5 Å². The monoisotopic (exact) mass is 194 g/mol. The van der Waals surface area contributed by atoms with E-state index in [2.05, 4.69) is 4.90 Å². The van der Waals surface area contributed by atoms with E-state index < -0.39 is 0 Å². The summed E-state index contributed by atoms with van der Waals surface area (Å²) in [5.74, 6) is 0. The molecule has 3 aliphatic rings. The van der Waals surface area contributed by atoms with E-state index in [1.807, 2.05) is 0 Å². The van der Waals surface area contributed by atoms with Crippen molar-refractivity contribution < 1.29 is 0 Å². The molecule has 2 heteroatoms. The first-order chi connectivity index (χ1) is 6.70. The number of hydrogen-bond donors (Lipinski definition) is 1. The minimum atomic E-state index is 0.209. The molecule has 1 saturated heterocycles. The highest BCUT2D eigenvalue weighted by Crippen LogP contribution is 2.46. The molecule has 2 nitrogen and oxygen atoms in total. The number of rotatable bonds is 2. The summed E-state index contributed by atoms with van der Waals surface area (Å²) >= 11 is 0. The fourth-order valence-electron chi connectivity index (χ4n) is 3.69. The lowest BCUT2D eigenvalue weighted by Gasteiger charge is -2.53. The molecule has 0 aromatic rings. The predicted octanol–water partition coefficient (Wildman–Crippen LogP) is 1.74. The van der Waals surface area contributed by atoms with E-state index in [-0.39, 0.29) is 5.54 Å².